The molecule has 2 N–H and O–H groups in total. The molecule has 0 amide bonds. The van der Waals surface area contributed by atoms with Gasteiger partial charge in [-0.05, 0) is 50.1 Å². The third-order valence-corrected chi connectivity index (χ3v) is 4.16. The van der Waals surface area contributed by atoms with Gasteiger partial charge in [0.05, 0.1) is 19.9 Å². The van der Waals surface area contributed by atoms with Crippen molar-refractivity contribution in [2.75, 3.05) is 24.9 Å². The number of aryl methyl sites for hydroxylation is 3. The highest BCUT2D eigenvalue weighted by molar-refractivity contribution is 5.69. The van der Waals surface area contributed by atoms with Gasteiger partial charge in [0.15, 0.2) is 0 Å². The van der Waals surface area contributed by atoms with Crippen LogP contribution < -0.4 is 20.1 Å². The molecular weight excluding hydrogens is 340 g/mol. The summed E-state index contributed by atoms with van der Waals surface area (Å²) in [5, 5.41) is 6.68. The van der Waals surface area contributed by atoms with Gasteiger partial charge in [-0.3, -0.25) is 0 Å². The van der Waals surface area contributed by atoms with E-state index in [1.165, 1.54) is 5.56 Å². The molecule has 0 saturated heterocycles. The second-order valence-corrected chi connectivity index (χ2v) is 6.32. The molecule has 6 heteroatoms. The highest BCUT2D eigenvalue weighted by Crippen LogP contribution is 2.32. The minimum absolute atomic E-state index is 0.662. The zero-order chi connectivity index (χ0) is 19.4. The van der Waals surface area contributed by atoms with Gasteiger partial charge in [0.1, 0.15) is 29.0 Å². The lowest BCUT2D eigenvalue weighted by molar-refractivity contribution is 0.405. The second-order valence-electron chi connectivity index (χ2n) is 6.32. The minimum atomic E-state index is 0.662. The molecule has 0 spiro atoms. The lowest BCUT2D eigenvalue weighted by atomic mass is 10.1. The number of rotatable bonds is 6. The molecule has 1 heterocycles. The van der Waals surface area contributed by atoms with Crippen LogP contribution in [0.25, 0.3) is 0 Å². The van der Waals surface area contributed by atoms with E-state index in [0.29, 0.717) is 17.4 Å². The van der Waals surface area contributed by atoms with Gasteiger partial charge in [0.25, 0.3) is 0 Å². The number of ether oxygens (including phenoxy) is 2. The van der Waals surface area contributed by atoms with E-state index in [1.807, 2.05) is 31.2 Å². The van der Waals surface area contributed by atoms with Gasteiger partial charge in [-0.2, -0.15) is 0 Å². The Bertz CT molecular complexity index is 957. The SMILES string of the molecule is COc1ccc(OC)c(Nc2cc(Nc3cc(C)ccc3C)nc(C)n2)c1. The fraction of sp³-hybridized carbons (Fsp3) is 0.238. The Morgan fingerprint density at radius 1 is 0.741 bits per heavy atom. The summed E-state index contributed by atoms with van der Waals surface area (Å²) in [6.45, 7) is 6.00. The van der Waals surface area contributed by atoms with Crippen LogP contribution >= 0.6 is 0 Å². The zero-order valence-electron chi connectivity index (χ0n) is 16.3. The highest BCUT2D eigenvalue weighted by Gasteiger charge is 2.09. The summed E-state index contributed by atoms with van der Waals surface area (Å²) in [6, 6.07) is 13.7. The van der Waals surface area contributed by atoms with Gasteiger partial charge >= 0.3 is 0 Å². The largest absolute Gasteiger partial charge is 0.497 e. The van der Waals surface area contributed by atoms with Gasteiger partial charge in [-0.15, -0.1) is 0 Å². The molecule has 0 aliphatic heterocycles. The van der Waals surface area contributed by atoms with Crippen molar-refractivity contribution in [1.29, 1.82) is 0 Å². The van der Waals surface area contributed by atoms with Crippen molar-refractivity contribution >= 4 is 23.0 Å². The average molecular weight is 364 g/mol. The first-order chi connectivity index (χ1) is 13.0. The van der Waals surface area contributed by atoms with Crippen molar-refractivity contribution in [3.63, 3.8) is 0 Å². The first-order valence-electron chi connectivity index (χ1n) is 8.67. The summed E-state index contributed by atoms with van der Waals surface area (Å²) < 4.78 is 10.7. The molecule has 0 fully saturated rings. The maximum atomic E-state index is 5.42. The minimum Gasteiger partial charge on any atom is -0.497 e. The van der Waals surface area contributed by atoms with Crippen LogP contribution in [0.1, 0.15) is 17.0 Å². The zero-order valence-corrected chi connectivity index (χ0v) is 16.3. The molecule has 27 heavy (non-hydrogen) atoms. The molecule has 0 saturated carbocycles. The van der Waals surface area contributed by atoms with Crippen molar-refractivity contribution in [3.05, 3.63) is 59.4 Å². The molecular formula is C21H24N4O2. The second kappa shape index (κ2) is 7.95. The van der Waals surface area contributed by atoms with Crippen LogP contribution in [0.3, 0.4) is 0 Å². The predicted octanol–water partition coefficient (Wildman–Crippen LogP) is 4.91. The van der Waals surface area contributed by atoms with Crippen LogP contribution in [0.5, 0.6) is 11.5 Å². The van der Waals surface area contributed by atoms with Crippen LogP contribution in [-0.4, -0.2) is 24.2 Å². The number of nitrogens with one attached hydrogen (secondary N) is 2. The number of methoxy groups -OCH3 is 2. The van der Waals surface area contributed by atoms with Crippen LogP contribution in [0, 0.1) is 20.8 Å². The number of aromatic nitrogens is 2. The van der Waals surface area contributed by atoms with Gasteiger partial charge in [-0.1, -0.05) is 12.1 Å². The molecule has 140 valence electrons. The van der Waals surface area contributed by atoms with Gasteiger partial charge in [-0.25, -0.2) is 9.97 Å². The molecule has 0 atom stereocenters. The summed E-state index contributed by atoms with van der Waals surface area (Å²) >= 11 is 0. The lowest BCUT2D eigenvalue weighted by Crippen LogP contribution is -2.03. The number of hydrogen-bond donors (Lipinski definition) is 2. The lowest BCUT2D eigenvalue weighted by Gasteiger charge is -2.14. The van der Waals surface area contributed by atoms with Gasteiger partial charge in [0.2, 0.25) is 0 Å². The van der Waals surface area contributed by atoms with Crippen molar-refractivity contribution in [1.82, 2.24) is 9.97 Å². The molecule has 0 aliphatic carbocycles. The summed E-state index contributed by atoms with van der Waals surface area (Å²) in [6.07, 6.45) is 0. The van der Waals surface area contributed by atoms with E-state index < -0.39 is 0 Å². The van der Waals surface area contributed by atoms with Crippen LogP contribution in [-0.2, 0) is 0 Å². The molecule has 0 radical (unpaired) electrons. The first kappa shape index (κ1) is 18.5. The number of benzene rings is 2. The average Bonchev–Trinajstić information content (AvgIpc) is 2.64. The molecule has 2 aromatic carbocycles. The number of nitrogens with zero attached hydrogens (tertiary/aromatic N) is 2. The number of anilines is 4. The topological polar surface area (TPSA) is 68.3 Å². The summed E-state index contributed by atoms with van der Waals surface area (Å²) in [5.41, 5.74) is 4.14. The Hall–Kier alpha value is -3.28. The highest BCUT2D eigenvalue weighted by atomic mass is 16.5. The van der Waals surface area contributed by atoms with E-state index in [9.17, 15) is 0 Å². The Kier molecular flexibility index (Phi) is 5.45. The maximum Gasteiger partial charge on any atom is 0.142 e. The molecule has 1 aromatic heterocycles. The quantitative estimate of drug-likeness (QED) is 0.648. The predicted molar refractivity (Wildman–Crippen MR) is 109 cm³/mol. The van der Waals surface area contributed by atoms with Crippen LogP contribution in [0.15, 0.2) is 42.5 Å². The molecule has 3 aromatic rings. The Balaban J connectivity index is 1.91. The molecule has 3 rings (SSSR count). The van der Waals surface area contributed by atoms with Crippen LogP contribution in [0.4, 0.5) is 23.0 Å². The van der Waals surface area contributed by atoms with E-state index in [4.69, 9.17) is 9.47 Å². The molecule has 6 nitrogen and oxygen atoms in total. The molecule has 0 bridgehead atoms. The number of hydrogen-bond acceptors (Lipinski definition) is 6. The van der Waals surface area contributed by atoms with E-state index in [1.54, 1.807) is 14.2 Å². The van der Waals surface area contributed by atoms with Crippen molar-refractivity contribution in [2.45, 2.75) is 20.8 Å². The molecule has 0 aliphatic rings. The Labute approximate surface area is 159 Å². The van der Waals surface area contributed by atoms with E-state index in [0.717, 1.165) is 28.5 Å². The van der Waals surface area contributed by atoms with E-state index in [2.05, 4.69) is 52.6 Å². The summed E-state index contributed by atoms with van der Waals surface area (Å²) in [5.74, 6) is 3.49. The fourth-order valence-corrected chi connectivity index (χ4v) is 2.75. The van der Waals surface area contributed by atoms with E-state index >= 15 is 0 Å². The van der Waals surface area contributed by atoms with Crippen molar-refractivity contribution in [3.8, 4) is 11.5 Å². The van der Waals surface area contributed by atoms with Crippen molar-refractivity contribution < 1.29 is 9.47 Å². The molecule has 0 unspecified atom stereocenters. The first-order valence-corrected chi connectivity index (χ1v) is 8.67. The normalized spacial score (nSPS) is 10.4. The van der Waals surface area contributed by atoms with Crippen molar-refractivity contribution in [2.24, 2.45) is 0 Å². The van der Waals surface area contributed by atoms with E-state index in [-0.39, 0.29) is 0 Å². The standard InChI is InChI=1S/C21H24N4O2/c1-13-6-7-14(2)17(10-13)24-20-12-21(23-15(3)22-20)25-18-11-16(26-4)8-9-19(18)27-5/h6-12H,1-5H3,(H2,22,23,24,25). The summed E-state index contributed by atoms with van der Waals surface area (Å²) in [7, 11) is 3.26. The monoisotopic (exact) mass is 364 g/mol. The Morgan fingerprint density at radius 3 is 2.11 bits per heavy atom. The van der Waals surface area contributed by atoms with Crippen LogP contribution in [0.2, 0.25) is 0 Å². The van der Waals surface area contributed by atoms with Gasteiger partial charge in [0, 0.05) is 17.8 Å². The third kappa shape index (κ3) is 4.47. The van der Waals surface area contributed by atoms with Gasteiger partial charge < -0.3 is 20.1 Å². The smallest absolute Gasteiger partial charge is 0.142 e. The third-order valence-electron chi connectivity index (χ3n) is 4.16. The maximum absolute atomic E-state index is 5.42. The summed E-state index contributed by atoms with van der Waals surface area (Å²) in [4.78, 5) is 8.98. The Morgan fingerprint density at radius 2 is 1.44 bits per heavy atom. The fourth-order valence-electron chi connectivity index (χ4n) is 2.75.